The largest absolute Gasteiger partial charge is 0.494 e. The summed E-state index contributed by atoms with van der Waals surface area (Å²) in [4.78, 5) is 13.3. The topological polar surface area (TPSA) is 53.3 Å². The van der Waals surface area contributed by atoms with Crippen LogP contribution in [0, 0.1) is 18.3 Å². The second kappa shape index (κ2) is 6.65. The number of nitrogens with zero attached hydrogens (tertiary/aromatic N) is 2. The summed E-state index contributed by atoms with van der Waals surface area (Å²) in [6.45, 7) is 4.50. The Morgan fingerprint density at radius 1 is 1.50 bits per heavy atom. The first-order valence-corrected chi connectivity index (χ1v) is 5.97. The fraction of sp³-hybridized carbons (Fsp3) is 0.429. The first-order chi connectivity index (χ1) is 8.60. The predicted octanol–water partition coefficient (Wildman–Crippen LogP) is 2.66. The molecule has 96 valence electrons. The molecule has 1 aromatic rings. The van der Waals surface area contributed by atoms with E-state index in [4.69, 9.17) is 10.00 Å². The van der Waals surface area contributed by atoms with E-state index in [1.807, 2.05) is 38.1 Å². The summed E-state index contributed by atoms with van der Waals surface area (Å²) >= 11 is 0. The van der Waals surface area contributed by atoms with Gasteiger partial charge in [0.25, 0.3) is 0 Å². The van der Waals surface area contributed by atoms with E-state index in [2.05, 4.69) is 0 Å². The van der Waals surface area contributed by atoms with Crippen molar-refractivity contribution in [1.82, 2.24) is 0 Å². The lowest BCUT2D eigenvalue weighted by Crippen LogP contribution is -2.25. The van der Waals surface area contributed by atoms with Crippen LogP contribution < -0.4 is 9.64 Å². The van der Waals surface area contributed by atoms with Crippen LogP contribution in [-0.2, 0) is 4.79 Å². The Morgan fingerprint density at radius 2 is 2.22 bits per heavy atom. The van der Waals surface area contributed by atoms with Crippen molar-refractivity contribution in [3.63, 3.8) is 0 Å². The quantitative estimate of drug-likeness (QED) is 0.802. The zero-order valence-electron chi connectivity index (χ0n) is 11.1. The van der Waals surface area contributed by atoms with Gasteiger partial charge in [-0.05, 0) is 37.6 Å². The average molecular weight is 246 g/mol. The minimum absolute atomic E-state index is 0.0555. The molecule has 1 aromatic carbocycles. The summed E-state index contributed by atoms with van der Waals surface area (Å²) in [6, 6.07) is 7.60. The molecule has 1 rings (SSSR count). The molecule has 0 aliphatic heterocycles. The molecule has 0 atom stereocenters. The maximum atomic E-state index is 11.8. The monoisotopic (exact) mass is 246 g/mol. The van der Waals surface area contributed by atoms with E-state index < -0.39 is 0 Å². The van der Waals surface area contributed by atoms with Crippen molar-refractivity contribution in [3.8, 4) is 11.8 Å². The maximum Gasteiger partial charge on any atom is 0.227 e. The van der Waals surface area contributed by atoms with Crippen molar-refractivity contribution in [2.45, 2.75) is 26.7 Å². The number of benzene rings is 1. The SMILES string of the molecule is CCOc1ccc(N(C)C(=O)CCC#N)cc1C. The highest BCUT2D eigenvalue weighted by molar-refractivity contribution is 5.93. The van der Waals surface area contributed by atoms with Crippen LogP contribution in [0.2, 0.25) is 0 Å². The van der Waals surface area contributed by atoms with Crippen molar-refractivity contribution >= 4 is 11.6 Å². The molecule has 4 heteroatoms. The van der Waals surface area contributed by atoms with Crippen LogP contribution in [0.1, 0.15) is 25.3 Å². The molecule has 0 bridgehead atoms. The highest BCUT2D eigenvalue weighted by Crippen LogP contribution is 2.24. The number of carbonyl (C=O) groups is 1. The van der Waals surface area contributed by atoms with Crippen LogP contribution in [0.4, 0.5) is 5.69 Å². The van der Waals surface area contributed by atoms with Gasteiger partial charge in [0.05, 0.1) is 12.7 Å². The van der Waals surface area contributed by atoms with Crippen molar-refractivity contribution < 1.29 is 9.53 Å². The first-order valence-electron chi connectivity index (χ1n) is 5.97. The van der Waals surface area contributed by atoms with E-state index in [0.29, 0.717) is 6.61 Å². The van der Waals surface area contributed by atoms with Crippen molar-refractivity contribution in [1.29, 1.82) is 5.26 Å². The lowest BCUT2D eigenvalue weighted by atomic mass is 10.2. The molecule has 0 fully saturated rings. The summed E-state index contributed by atoms with van der Waals surface area (Å²) in [5.41, 5.74) is 1.81. The van der Waals surface area contributed by atoms with Gasteiger partial charge in [-0.1, -0.05) is 0 Å². The minimum Gasteiger partial charge on any atom is -0.494 e. The van der Waals surface area contributed by atoms with Crippen molar-refractivity contribution in [3.05, 3.63) is 23.8 Å². The van der Waals surface area contributed by atoms with Gasteiger partial charge >= 0.3 is 0 Å². The molecule has 0 saturated heterocycles. The number of nitriles is 1. The maximum absolute atomic E-state index is 11.8. The minimum atomic E-state index is -0.0555. The second-order valence-electron chi connectivity index (χ2n) is 3.99. The van der Waals surface area contributed by atoms with Gasteiger partial charge in [-0.2, -0.15) is 5.26 Å². The molecule has 0 N–H and O–H groups in total. The van der Waals surface area contributed by atoms with Gasteiger partial charge in [-0.25, -0.2) is 0 Å². The molecule has 0 aromatic heterocycles. The molecule has 0 heterocycles. The van der Waals surface area contributed by atoms with E-state index in [1.165, 1.54) is 0 Å². The van der Waals surface area contributed by atoms with Crippen LogP contribution in [0.15, 0.2) is 18.2 Å². The zero-order chi connectivity index (χ0) is 13.5. The number of hydrogen-bond donors (Lipinski definition) is 0. The molecule has 0 radical (unpaired) electrons. The summed E-state index contributed by atoms with van der Waals surface area (Å²) < 4.78 is 5.45. The van der Waals surface area contributed by atoms with Gasteiger partial charge in [0, 0.05) is 25.6 Å². The Bertz CT molecular complexity index is 463. The van der Waals surface area contributed by atoms with E-state index in [0.717, 1.165) is 17.0 Å². The second-order valence-corrected chi connectivity index (χ2v) is 3.99. The van der Waals surface area contributed by atoms with Gasteiger partial charge < -0.3 is 9.64 Å². The summed E-state index contributed by atoms with van der Waals surface area (Å²) in [6.07, 6.45) is 0.498. The lowest BCUT2D eigenvalue weighted by molar-refractivity contribution is -0.118. The van der Waals surface area contributed by atoms with Gasteiger partial charge in [0.2, 0.25) is 5.91 Å². The van der Waals surface area contributed by atoms with E-state index in [9.17, 15) is 4.79 Å². The normalized spacial score (nSPS) is 9.67. The van der Waals surface area contributed by atoms with Gasteiger partial charge in [0.15, 0.2) is 0 Å². The van der Waals surface area contributed by atoms with Crippen LogP contribution in [-0.4, -0.2) is 19.6 Å². The average Bonchev–Trinajstić information content (AvgIpc) is 2.37. The molecule has 0 saturated carbocycles. The van der Waals surface area contributed by atoms with Gasteiger partial charge in [0.1, 0.15) is 5.75 Å². The number of ether oxygens (including phenoxy) is 1. The Morgan fingerprint density at radius 3 is 2.78 bits per heavy atom. The summed E-state index contributed by atoms with van der Waals surface area (Å²) in [5.74, 6) is 0.777. The number of anilines is 1. The molecule has 0 aliphatic carbocycles. The third-order valence-electron chi connectivity index (χ3n) is 2.67. The molecular formula is C14H18N2O2. The highest BCUT2D eigenvalue weighted by atomic mass is 16.5. The number of amides is 1. The van der Waals surface area contributed by atoms with Gasteiger partial charge in [-0.15, -0.1) is 0 Å². The van der Waals surface area contributed by atoms with Gasteiger partial charge in [-0.3, -0.25) is 4.79 Å². The summed E-state index contributed by atoms with van der Waals surface area (Å²) in [5, 5.41) is 8.47. The van der Waals surface area contributed by atoms with Crippen molar-refractivity contribution in [2.75, 3.05) is 18.6 Å². The smallest absolute Gasteiger partial charge is 0.227 e. The third-order valence-corrected chi connectivity index (χ3v) is 2.67. The lowest BCUT2D eigenvalue weighted by Gasteiger charge is -2.18. The van der Waals surface area contributed by atoms with Crippen molar-refractivity contribution in [2.24, 2.45) is 0 Å². The number of carbonyl (C=O) groups excluding carboxylic acids is 1. The molecule has 1 amide bonds. The third kappa shape index (κ3) is 3.49. The molecule has 0 unspecified atom stereocenters. The van der Waals surface area contributed by atoms with E-state index >= 15 is 0 Å². The number of hydrogen-bond acceptors (Lipinski definition) is 3. The Labute approximate surface area is 108 Å². The molecular weight excluding hydrogens is 228 g/mol. The van der Waals surface area contributed by atoms with Crippen LogP contribution in [0.3, 0.4) is 0 Å². The number of aryl methyl sites for hydroxylation is 1. The molecule has 4 nitrogen and oxygen atoms in total. The van der Waals surface area contributed by atoms with Crippen LogP contribution in [0.5, 0.6) is 5.75 Å². The van der Waals surface area contributed by atoms with E-state index in [1.54, 1.807) is 11.9 Å². The Hall–Kier alpha value is -2.02. The fourth-order valence-electron chi connectivity index (χ4n) is 1.63. The number of rotatable bonds is 5. The fourth-order valence-corrected chi connectivity index (χ4v) is 1.63. The summed E-state index contributed by atoms with van der Waals surface area (Å²) in [7, 11) is 1.72. The Balaban J connectivity index is 2.81. The first kappa shape index (κ1) is 14.0. The molecule has 0 spiro atoms. The Kier molecular flexibility index (Phi) is 5.19. The molecule has 0 aliphatic rings. The van der Waals surface area contributed by atoms with E-state index in [-0.39, 0.29) is 18.7 Å². The standard InChI is InChI=1S/C14H18N2O2/c1-4-18-13-8-7-12(10-11(13)2)16(3)14(17)6-5-9-15/h7-8,10H,4-6H2,1-3H3. The van der Waals surface area contributed by atoms with Crippen LogP contribution in [0.25, 0.3) is 0 Å². The highest BCUT2D eigenvalue weighted by Gasteiger charge is 2.11. The zero-order valence-corrected chi connectivity index (χ0v) is 11.1. The van der Waals surface area contributed by atoms with Crippen LogP contribution >= 0.6 is 0 Å². The molecule has 18 heavy (non-hydrogen) atoms. The predicted molar refractivity (Wildman–Crippen MR) is 70.6 cm³/mol.